The fraction of sp³-hybridized carbons (Fsp3) is 0.208. The summed E-state index contributed by atoms with van der Waals surface area (Å²) < 4.78 is 11.1. The quantitative estimate of drug-likeness (QED) is 0.707. The molecule has 3 heterocycles. The summed E-state index contributed by atoms with van der Waals surface area (Å²) in [5.41, 5.74) is 9.74. The number of amides is 1. The highest BCUT2D eigenvalue weighted by atomic mass is 16.7. The van der Waals surface area contributed by atoms with Gasteiger partial charge >= 0.3 is 0 Å². The van der Waals surface area contributed by atoms with Gasteiger partial charge in [0.15, 0.2) is 11.5 Å². The lowest BCUT2D eigenvalue weighted by Crippen LogP contribution is -2.41. The van der Waals surface area contributed by atoms with E-state index >= 15 is 0 Å². The molecule has 1 amide bonds. The third-order valence-corrected chi connectivity index (χ3v) is 6.24. The minimum absolute atomic E-state index is 0.00397. The Kier molecular flexibility index (Phi) is 4.00. The summed E-state index contributed by atoms with van der Waals surface area (Å²) in [4.78, 5) is 15.5. The number of hydrogen-bond donors (Lipinski definition) is 2. The molecule has 0 bridgehead atoms. The van der Waals surface area contributed by atoms with Gasteiger partial charge in [0.05, 0.1) is 12.1 Å². The van der Waals surface area contributed by atoms with Crippen molar-refractivity contribution in [2.24, 2.45) is 5.92 Å². The van der Waals surface area contributed by atoms with Crippen LogP contribution in [0.5, 0.6) is 11.5 Å². The van der Waals surface area contributed by atoms with Crippen molar-refractivity contribution in [2.45, 2.75) is 18.1 Å². The van der Waals surface area contributed by atoms with Crippen molar-refractivity contribution in [1.29, 1.82) is 0 Å². The molecule has 0 radical (unpaired) electrons. The minimum Gasteiger partial charge on any atom is -0.454 e. The number of hydrogen-bond acceptors (Lipinski definition) is 5. The van der Waals surface area contributed by atoms with Crippen molar-refractivity contribution in [3.63, 3.8) is 0 Å². The Bertz CT molecular complexity index is 1090. The number of carbonyl (C=O) groups is 1. The summed E-state index contributed by atoms with van der Waals surface area (Å²) in [6.07, 6.45) is 0. The second kappa shape index (κ2) is 6.86. The summed E-state index contributed by atoms with van der Waals surface area (Å²) in [6, 6.07) is 25.7. The molecule has 150 valence electrons. The lowest BCUT2D eigenvalue weighted by molar-refractivity contribution is -0.119. The zero-order chi connectivity index (χ0) is 20.1. The smallest absolute Gasteiger partial charge is 0.246 e. The molecule has 3 aliphatic rings. The van der Waals surface area contributed by atoms with Crippen LogP contribution in [0, 0.1) is 5.92 Å². The lowest BCUT2D eigenvalue weighted by atomic mass is 9.83. The van der Waals surface area contributed by atoms with Crippen LogP contribution in [0.4, 0.5) is 5.69 Å². The van der Waals surface area contributed by atoms with E-state index in [2.05, 4.69) is 23.0 Å². The Labute approximate surface area is 174 Å². The number of rotatable bonds is 3. The van der Waals surface area contributed by atoms with Crippen LogP contribution in [0.15, 0.2) is 78.9 Å². The number of carbonyl (C=O) groups excluding carboxylic acids is 1. The highest BCUT2D eigenvalue weighted by molar-refractivity contribution is 6.01. The summed E-state index contributed by atoms with van der Waals surface area (Å²) >= 11 is 0. The maximum atomic E-state index is 13.5. The first-order valence-corrected chi connectivity index (χ1v) is 10.1. The molecule has 3 aromatic rings. The molecule has 3 aromatic carbocycles. The molecule has 6 rings (SSSR count). The molecular weight excluding hydrogens is 378 g/mol. The molecule has 6 nitrogen and oxygen atoms in total. The van der Waals surface area contributed by atoms with Gasteiger partial charge in [0.25, 0.3) is 0 Å². The van der Waals surface area contributed by atoms with Gasteiger partial charge in [-0.15, -0.1) is 0 Å². The van der Waals surface area contributed by atoms with Crippen LogP contribution in [0.1, 0.15) is 23.2 Å². The van der Waals surface area contributed by atoms with Crippen molar-refractivity contribution in [2.75, 3.05) is 11.7 Å². The number of nitrogens with zero attached hydrogens (tertiary/aromatic N) is 1. The topological polar surface area (TPSA) is 62.8 Å². The number of para-hydroxylation sites is 1. The maximum absolute atomic E-state index is 13.5. The fourth-order valence-corrected chi connectivity index (χ4v) is 4.93. The first-order chi connectivity index (χ1) is 14.8. The van der Waals surface area contributed by atoms with Crippen LogP contribution in [0.25, 0.3) is 0 Å². The Hall–Kier alpha value is -3.35. The molecule has 4 atom stereocenters. The standard InChI is InChI=1S/C24H21N3O3/c28-24-22-20(21(25-26-22)15-7-3-1-4-8-15)23(27(24)17-9-5-2-6-10-17)16-11-12-18-19(13-16)30-14-29-18/h1-13,20-23,25-26H,14H2. The number of nitrogens with one attached hydrogen (secondary N) is 2. The largest absolute Gasteiger partial charge is 0.454 e. The molecule has 0 aliphatic carbocycles. The van der Waals surface area contributed by atoms with E-state index in [-0.39, 0.29) is 36.7 Å². The fourth-order valence-electron chi connectivity index (χ4n) is 4.93. The SMILES string of the molecule is O=C1C2NNC(c3ccccc3)C2C(c2ccc3c(c2)OCO3)N1c1ccccc1. The zero-order valence-corrected chi connectivity index (χ0v) is 16.2. The van der Waals surface area contributed by atoms with Crippen LogP contribution in [0.2, 0.25) is 0 Å². The third kappa shape index (κ3) is 2.61. The number of ether oxygens (including phenoxy) is 2. The average molecular weight is 399 g/mol. The van der Waals surface area contributed by atoms with Gasteiger partial charge in [0, 0.05) is 11.6 Å². The Morgan fingerprint density at radius 1 is 0.767 bits per heavy atom. The normalized spacial score (nSPS) is 26.8. The molecule has 0 spiro atoms. The van der Waals surface area contributed by atoms with Gasteiger partial charge in [0.2, 0.25) is 12.7 Å². The molecule has 30 heavy (non-hydrogen) atoms. The van der Waals surface area contributed by atoms with E-state index in [4.69, 9.17) is 9.47 Å². The molecule has 3 aliphatic heterocycles. The summed E-state index contributed by atoms with van der Waals surface area (Å²) in [5.74, 6) is 1.56. The van der Waals surface area contributed by atoms with Gasteiger partial charge in [-0.1, -0.05) is 54.6 Å². The van der Waals surface area contributed by atoms with Crippen LogP contribution < -0.4 is 25.2 Å². The minimum atomic E-state index is -0.314. The lowest BCUT2D eigenvalue weighted by Gasteiger charge is -2.31. The maximum Gasteiger partial charge on any atom is 0.246 e. The van der Waals surface area contributed by atoms with E-state index < -0.39 is 0 Å². The van der Waals surface area contributed by atoms with Crippen molar-refractivity contribution in [1.82, 2.24) is 10.9 Å². The molecule has 0 saturated carbocycles. The third-order valence-electron chi connectivity index (χ3n) is 6.24. The van der Waals surface area contributed by atoms with Crippen LogP contribution >= 0.6 is 0 Å². The molecule has 2 fully saturated rings. The van der Waals surface area contributed by atoms with Gasteiger partial charge in [-0.2, -0.15) is 0 Å². The van der Waals surface area contributed by atoms with Crippen LogP contribution in [0.3, 0.4) is 0 Å². The van der Waals surface area contributed by atoms with E-state index in [1.807, 2.05) is 71.6 Å². The van der Waals surface area contributed by atoms with E-state index in [9.17, 15) is 4.79 Å². The molecule has 0 aromatic heterocycles. The van der Waals surface area contributed by atoms with Crippen molar-refractivity contribution in [3.05, 3.63) is 90.0 Å². The molecule has 2 saturated heterocycles. The van der Waals surface area contributed by atoms with Crippen molar-refractivity contribution >= 4 is 11.6 Å². The predicted molar refractivity (Wildman–Crippen MR) is 112 cm³/mol. The van der Waals surface area contributed by atoms with Crippen molar-refractivity contribution in [3.8, 4) is 11.5 Å². The molecule has 6 heteroatoms. The first kappa shape index (κ1) is 17.5. The van der Waals surface area contributed by atoms with Gasteiger partial charge in [-0.25, -0.2) is 10.9 Å². The second-order valence-electron chi connectivity index (χ2n) is 7.83. The van der Waals surface area contributed by atoms with E-state index in [1.54, 1.807) is 0 Å². The van der Waals surface area contributed by atoms with E-state index in [1.165, 1.54) is 0 Å². The summed E-state index contributed by atoms with van der Waals surface area (Å²) in [7, 11) is 0. The van der Waals surface area contributed by atoms with Crippen molar-refractivity contribution < 1.29 is 14.3 Å². The van der Waals surface area contributed by atoms with Gasteiger partial charge < -0.3 is 14.4 Å². The molecule has 2 N–H and O–H groups in total. The Balaban J connectivity index is 1.49. The highest BCUT2D eigenvalue weighted by Crippen LogP contribution is 2.50. The number of fused-ring (bicyclic) bond motifs is 2. The highest BCUT2D eigenvalue weighted by Gasteiger charge is 2.56. The van der Waals surface area contributed by atoms with E-state index in [0.29, 0.717) is 0 Å². The Morgan fingerprint density at radius 3 is 2.27 bits per heavy atom. The zero-order valence-electron chi connectivity index (χ0n) is 16.2. The van der Waals surface area contributed by atoms with Gasteiger partial charge in [-0.05, 0) is 35.4 Å². The second-order valence-corrected chi connectivity index (χ2v) is 7.83. The first-order valence-electron chi connectivity index (χ1n) is 10.1. The average Bonchev–Trinajstić information content (AvgIpc) is 3.50. The molecular formula is C24H21N3O3. The number of benzene rings is 3. The summed E-state index contributed by atoms with van der Waals surface area (Å²) in [6.45, 7) is 0.229. The Morgan fingerprint density at radius 2 is 1.47 bits per heavy atom. The number of hydrazine groups is 1. The monoisotopic (exact) mass is 399 g/mol. The van der Waals surface area contributed by atoms with Crippen LogP contribution in [-0.4, -0.2) is 18.7 Å². The van der Waals surface area contributed by atoms with Gasteiger partial charge in [-0.3, -0.25) is 4.79 Å². The summed E-state index contributed by atoms with van der Waals surface area (Å²) in [5, 5.41) is 0. The van der Waals surface area contributed by atoms with Gasteiger partial charge in [0.1, 0.15) is 6.04 Å². The molecule has 4 unspecified atom stereocenters. The number of anilines is 1. The van der Waals surface area contributed by atoms with Crippen LogP contribution in [-0.2, 0) is 4.79 Å². The van der Waals surface area contributed by atoms with E-state index in [0.717, 1.165) is 28.3 Å². The predicted octanol–water partition coefficient (Wildman–Crippen LogP) is 3.34.